The quantitative estimate of drug-likeness (QED) is 0.454. The Bertz CT molecular complexity index is 1550. The summed E-state index contributed by atoms with van der Waals surface area (Å²) in [7, 11) is 0. The number of aryl methyl sites for hydroxylation is 1. The van der Waals surface area contributed by atoms with Crippen molar-refractivity contribution in [2.24, 2.45) is 0 Å². The van der Waals surface area contributed by atoms with E-state index in [9.17, 15) is 0 Å². The van der Waals surface area contributed by atoms with Crippen LogP contribution in [0.2, 0.25) is 0 Å². The van der Waals surface area contributed by atoms with Crippen LogP contribution in [0.15, 0.2) is 67.3 Å². The molecule has 0 fully saturated rings. The molecule has 2 N–H and O–H groups in total. The van der Waals surface area contributed by atoms with Gasteiger partial charge in [0.2, 0.25) is 0 Å². The van der Waals surface area contributed by atoms with Gasteiger partial charge in [-0.25, -0.2) is 9.97 Å². The van der Waals surface area contributed by atoms with Crippen LogP contribution >= 0.6 is 0 Å². The Morgan fingerprint density at radius 2 is 1.71 bits per heavy atom. The van der Waals surface area contributed by atoms with Crippen LogP contribution in [-0.2, 0) is 0 Å². The molecule has 8 nitrogen and oxygen atoms in total. The van der Waals surface area contributed by atoms with Crippen molar-refractivity contribution in [2.45, 2.75) is 6.92 Å². The van der Waals surface area contributed by atoms with E-state index >= 15 is 0 Å². The first-order valence-electron chi connectivity index (χ1n) is 9.80. The molecule has 0 radical (unpaired) electrons. The zero-order valence-corrected chi connectivity index (χ0v) is 16.5. The smallest absolute Gasteiger partial charge is 0.161 e. The van der Waals surface area contributed by atoms with Crippen LogP contribution in [0.4, 0.5) is 0 Å². The highest BCUT2D eigenvalue weighted by Crippen LogP contribution is 2.30. The molecule has 31 heavy (non-hydrogen) atoms. The van der Waals surface area contributed by atoms with Crippen molar-refractivity contribution in [3.8, 4) is 34.2 Å². The summed E-state index contributed by atoms with van der Waals surface area (Å²) in [5, 5.41) is 7.53. The second kappa shape index (κ2) is 6.81. The number of aromatic amines is 2. The van der Waals surface area contributed by atoms with E-state index < -0.39 is 0 Å². The number of H-pyrrole nitrogens is 2. The normalized spacial score (nSPS) is 11.4. The van der Waals surface area contributed by atoms with E-state index in [4.69, 9.17) is 9.97 Å². The lowest BCUT2D eigenvalue weighted by molar-refractivity contribution is 1.10. The van der Waals surface area contributed by atoms with Gasteiger partial charge in [0.1, 0.15) is 16.7 Å². The number of pyridine rings is 4. The van der Waals surface area contributed by atoms with E-state index in [0.29, 0.717) is 11.5 Å². The highest BCUT2D eigenvalue weighted by atomic mass is 15.2. The van der Waals surface area contributed by atoms with Crippen LogP contribution in [0.25, 0.3) is 56.2 Å². The van der Waals surface area contributed by atoms with Crippen molar-refractivity contribution in [3.05, 3.63) is 72.8 Å². The van der Waals surface area contributed by atoms with E-state index in [1.54, 1.807) is 12.4 Å². The van der Waals surface area contributed by atoms with Crippen molar-refractivity contribution in [1.29, 1.82) is 0 Å². The van der Waals surface area contributed by atoms with Gasteiger partial charge in [-0.3, -0.25) is 20.1 Å². The number of hydrogen-bond donors (Lipinski definition) is 2. The number of rotatable bonds is 3. The van der Waals surface area contributed by atoms with Crippen molar-refractivity contribution >= 4 is 22.1 Å². The summed E-state index contributed by atoms with van der Waals surface area (Å²) >= 11 is 0. The van der Waals surface area contributed by atoms with Gasteiger partial charge in [-0.1, -0.05) is 6.07 Å². The maximum Gasteiger partial charge on any atom is 0.161 e. The van der Waals surface area contributed by atoms with Crippen LogP contribution in [0.1, 0.15) is 5.56 Å². The number of fused-ring (bicyclic) bond motifs is 2. The average Bonchev–Trinajstić information content (AvgIpc) is 3.43. The Morgan fingerprint density at radius 3 is 2.58 bits per heavy atom. The van der Waals surface area contributed by atoms with Gasteiger partial charge in [0, 0.05) is 30.4 Å². The fourth-order valence-electron chi connectivity index (χ4n) is 3.66. The predicted octanol–water partition coefficient (Wildman–Crippen LogP) is 4.33. The molecule has 6 rings (SSSR count). The SMILES string of the molecule is Cc1cncc(-c2ccc3[nH]nc(-c4nc5c(-c6ccccn6)nccc5[nH]4)c3n2)c1. The predicted molar refractivity (Wildman–Crippen MR) is 118 cm³/mol. The summed E-state index contributed by atoms with van der Waals surface area (Å²) in [6.45, 7) is 2.01. The second-order valence-corrected chi connectivity index (χ2v) is 7.27. The first-order valence-corrected chi connectivity index (χ1v) is 9.80. The topological polar surface area (TPSA) is 109 Å². The molecule has 0 spiro atoms. The lowest BCUT2D eigenvalue weighted by Gasteiger charge is -2.02. The van der Waals surface area contributed by atoms with Crippen molar-refractivity contribution in [3.63, 3.8) is 0 Å². The Balaban J connectivity index is 1.51. The molecule has 0 unspecified atom stereocenters. The third-order valence-corrected chi connectivity index (χ3v) is 5.11. The molecule has 0 aliphatic heterocycles. The number of imidazole rings is 1. The molecule has 8 heteroatoms. The summed E-state index contributed by atoms with van der Waals surface area (Å²) < 4.78 is 0. The minimum absolute atomic E-state index is 0.624. The number of nitrogens with zero attached hydrogens (tertiary/aromatic N) is 6. The largest absolute Gasteiger partial charge is 0.336 e. The summed E-state index contributed by atoms with van der Waals surface area (Å²) in [5.41, 5.74) is 8.20. The van der Waals surface area contributed by atoms with Crippen LogP contribution in [-0.4, -0.2) is 40.1 Å². The molecule has 6 aromatic rings. The highest BCUT2D eigenvalue weighted by molar-refractivity contribution is 5.94. The molecule has 6 heterocycles. The lowest BCUT2D eigenvalue weighted by Crippen LogP contribution is -1.89. The second-order valence-electron chi connectivity index (χ2n) is 7.27. The third-order valence-electron chi connectivity index (χ3n) is 5.11. The van der Waals surface area contributed by atoms with Gasteiger partial charge in [0.25, 0.3) is 0 Å². The molecule has 0 aliphatic rings. The van der Waals surface area contributed by atoms with Gasteiger partial charge in [-0.2, -0.15) is 5.10 Å². The van der Waals surface area contributed by atoms with Crippen molar-refractivity contribution < 1.29 is 0 Å². The van der Waals surface area contributed by atoms with Gasteiger partial charge < -0.3 is 4.98 Å². The van der Waals surface area contributed by atoms with Crippen LogP contribution in [0, 0.1) is 6.92 Å². The highest BCUT2D eigenvalue weighted by Gasteiger charge is 2.17. The maximum atomic E-state index is 4.85. The molecule has 148 valence electrons. The molecule has 0 amide bonds. The monoisotopic (exact) mass is 404 g/mol. The van der Waals surface area contributed by atoms with Gasteiger partial charge in [0.15, 0.2) is 11.5 Å². The zero-order valence-electron chi connectivity index (χ0n) is 16.5. The number of hydrogen-bond acceptors (Lipinski definition) is 6. The standard InChI is InChI=1S/C23H16N8/c1-13-10-14(12-24-11-13)15-5-6-18-21(27-15)22(31-30-18)23-28-17-7-9-26-19(20(17)29-23)16-4-2-3-8-25-16/h2-12H,1H3,(H,28,29)(H,30,31). The molecule has 0 saturated heterocycles. The molecule has 0 aromatic carbocycles. The molecule has 0 saturated carbocycles. The molecule has 0 bridgehead atoms. The first kappa shape index (κ1) is 17.4. The summed E-state index contributed by atoms with van der Waals surface area (Å²) in [6.07, 6.45) is 7.13. The zero-order chi connectivity index (χ0) is 20.8. The average molecular weight is 404 g/mol. The van der Waals surface area contributed by atoms with Crippen LogP contribution in [0.5, 0.6) is 0 Å². The summed E-state index contributed by atoms with van der Waals surface area (Å²) in [4.78, 5) is 26.2. The summed E-state index contributed by atoms with van der Waals surface area (Å²) in [6, 6.07) is 13.6. The minimum atomic E-state index is 0.624. The van der Waals surface area contributed by atoms with Gasteiger partial charge in [-0.15, -0.1) is 0 Å². The van der Waals surface area contributed by atoms with Gasteiger partial charge in [0.05, 0.1) is 22.4 Å². The molecule has 0 aliphatic carbocycles. The van der Waals surface area contributed by atoms with Gasteiger partial charge in [-0.05, 0) is 48.9 Å². The van der Waals surface area contributed by atoms with E-state index in [-0.39, 0.29) is 0 Å². The van der Waals surface area contributed by atoms with Crippen LogP contribution in [0.3, 0.4) is 0 Å². The number of aromatic nitrogens is 8. The van der Waals surface area contributed by atoms with Crippen molar-refractivity contribution in [2.75, 3.05) is 0 Å². The van der Waals surface area contributed by atoms with E-state index in [2.05, 4.69) is 36.2 Å². The van der Waals surface area contributed by atoms with Crippen LogP contribution < -0.4 is 0 Å². The Morgan fingerprint density at radius 1 is 0.774 bits per heavy atom. The molecular weight excluding hydrogens is 388 g/mol. The Labute approximate surface area is 176 Å². The molecular formula is C23H16N8. The fourth-order valence-corrected chi connectivity index (χ4v) is 3.66. The first-order chi connectivity index (χ1) is 15.3. The van der Waals surface area contributed by atoms with E-state index in [1.165, 1.54) is 0 Å². The minimum Gasteiger partial charge on any atom is -0.336 e. The summed E-state index contributed by atoms with van der Waals surface area (Å²) in [5.74, 6) is 0.624. The van der Waals surface area contributed by atoms with E-state index in [0.717, 1.165) is 50.3 Å². The third kappa shape index (κ3) is 2.93. The van der Waals surface area contributed by atoms with E-state index in [1.807, 2.05) is 55.7 Å². The molecule has 0 atom stereocenters. The lowest BCUT2D eigenvalue weighted by atomic mass is 10.1. The maximum absolute atomic E-state index is 4.85. The molecule has 6 aromatic heterocycles. The fraction of sp³-hybridized carbons (Fsp3) is 0.0435. The van der Waals surface area contributed by atoms with Gasteiger partial charge >= 0.3 is 0 Å². The Hall–Kier alpha value is -4.46. The Kier molecular flexibility index (Phi) is 3.82. The van der Waals surface area contributed by atoms with Crippen molar-refractivity contribution in [1.82, 2.24) is 40.1 Å². The number of nitrogens with one attached hydrogen (secondary N) is 2.